The van der Waals surface area contributed by atoms with E-state index < -0.39 is 11.0 Å². The molecule has 6 aliphatic rings. The van der Waals surface area contributed by atoms with Crippen LogP contribution >= 0.6 is 0 Å². The molecule has 196 valence electrons. The van der Waals surface area contributed by atoms with Crippen LogP contribution in [0.4, 0.5) is 0 Å². The van der Waals surface area contributed by atoms with Crippen molar-refractivity contribution in [3.8, 4) is 0 Å². The molecule has 2 unspecified atom stereocenters. The minimum Gasteiger partial charge on any atom is -0.369 e. The molecule has 1 amide bonds. The smallest absolute Gasteiger partial charge is 0.220 e. The Morgan fingerprint density at radius 1 is 1.17 bits per heavy atom. The molecule has 0 bridgehead atoms. The Kier molecular flexibility index (Phi) is 6.09. The maximum atomic E-state index is 12.7. The van der Waals surface area contributed by atoms with Crippen LogP contribution in [0.15, 0.2) is 11.1 Å². The van der Waals surface area contributed by atoms with E-state index in [0.717, 1.165) is 50.6 Å². The predicted octanol–water partition coefficient (Wildman–Crippen LogP) is 4.84. The van der Waals surface area contributed by atoms with Crippen LogP contribution in [0.2, 0.25) is 0 Å². The number of piperidine rings is 1. The summed E-state index contributed by atoms with van der Waals surface area (Å²) in [5.74, 6) is 4.01. The Labute approximate surface area is 214 Å². The van der Waals surface area contributed by atoms with E-state index in [-0.39, 0.29) is 29.1 Å². The fraction of sp³-hybridized carbons (Fsp3) is 0.897. The molecule has 6 heteroatoms. The van der Waals surface area contributed by atoms with Crippen molar-refractivity contribution in [1.29, 1.82) is 0 Å². The zero-order valence-electron chi connectivity index (χ0n) is 22.5. The maximum Gasteiger partial charge on any atom is 0.220 e. The van der Waals surface area contributed by atoms with Crippen molar-refractivity contribution in [1.82, 2.24) is 9.62 Å². The average molecular weight is 503 g/mol. The molecule has 11 atom stereocenters. The van der Waals surface area contributed by atoms with Gasteiger partial charge in [0.1, 0.15) is 0 Å². The van der Waals surface area contributed by atoms with Gasteiger partial charge in [-0.05, 0) is 93.3 Å². The van der Waals surface area contributed by atoms with E-state index in [0.29, 0.717) is 30.1 Å². The topological polar surface area (TPSA) is 58.6 Å². The van der Waals surface area contributed by atoms with Crippen LogP contribution in [-0.2, 0) is 20.5 Å². The molecule has 1 spiro atoms. The zero-order chi connectivity index (χ0) is 24.7. The first-order valence-corrected chi connectivity index (χ1v) is 15.9. The predicted molar refractivity (Wildman–Crippen MR) is 140 cm³/mol. The Hall–Kier alpha value is -0.720. The number of nitrogens with one attached hydrogen (secondary N) is 1. The first-order valence-electron chi connectivity index (χ1n) is 14.4. The summed E-state index contributed by atoms with van der Waals surface area (Å²) in [6, 6.07) is 0.283. The fourth-order valence-electron chi connectivity index (χ4n) is 9.99. The number of fused-ring (bicyclic) bond motifs is 6. The van der Waals surface area contributed by atoms with Gasteiger partial charge < -0.3 is 10.1 Å². The molecule has 35 heavy (non-hydrogen) atoms. The van der Waals surface area contributed by atoms with Gasteiger partial charge >= 0.3 is 0 Å². The summed E-state index contributed by atoms with van der Waals surface area (Å²) in [5, 5.41) is 3.21. The quantitative estimate of drug-likeness (QED) is 0.522. The Morgan fingerprint density at radius 3 is 2.74 bits per heavy atom. The van der Waals surface area contributed by atoms with Crippen molar-refractivity contribution >= 4 is 16.9 Å². The number of ether oxygens (including phenoxy) is 1. The monoisotopic (exact) mass is 502 g/mol. The number of hydrogen-bond donors (Lipinski definition) is 1. The molecular formula is C29H46N2O3S. The van der Waals surface area contributed by atoms with Gasteiger partial charge in [0, 0.05) is 31.7 Å². The van der Waals surface area contributed by atoms with Crippen molar-refractivity contribution in [2.24, 2.45) is 40.9 Å². The van der Waals surface area contributed by atoms with Gasteiger partial charge in [-0.25, -0.2) is 8.51 Å². The lowest BCUT2D eigenvalue weighted by molar-refractivity contribution is -0.121. The number of carbonyl (C=O) groups is 1. The van der Waals surface area contributed by atoms with E-state index >= 15 is 0 Å². The molecule has 1 N–H and O–H groups in total. The molecular weight excluding hydrogens is 456 g/mol. The van der Waals surface area contributed by atoms with E-state index in [9.17, 15) is 9.00 Å². The highest BCUT2D eigenvalue weighted by atomic mass is 32.2. The normalized spacial score (nSPS) is 51.1. The zero-order valence-corrected chi connectivity index (χ0v) is 23.3. The molecule has 3 aliphatic carbocycles. The van der Waals surface area contributed by atoms with Crippen LogP contribution in [0.5, 0.6) is 0 Å². The Morgan fingerprint density at radius 2 is 1.97 bits per heavy atom. The number of hydrogen-bond acceptors (Lipinski definition) is 3. The summed E-state index contributed by atoms with van der Waals surface area (Å²) in [6.45, 7) is 11.4. The van der Waals surface area contributed by atoms with Crippen LogP contribution in [-0.4, -0.2) is 51.5 Å². The molecule has 0 aromatic heterocycles. The lowest BCUT2D eigenvalue weighted by atomic mass is 9.55. The van der Waals surface area contributed by atoms with E-state index in [4.69, 9.17) is 4.74 Å². The van der Waals surface area contributed by atoms with Crippen LogP contribution in [0.25, 0.3) is 0 Å². The first kappa shape index (κ1) is 24.6. The molecule has 3 saturated heterocycles. The van der Waals surface area contributed by atoms with Gasteiger partial charge in [0.2, 0.25) is 5.91 Å². The largest absolute Gasteiger partial charge is 0.369 e. The molecule has 5 nitrogen and oxygen atoms in total. The summed E-state index contributed by atoms with van der Waals surface area (Å²) >= 11 is 0. The molecule has 3 heterocycles. The van der Waals surface area contributed by atoms with E-state index in [1.807, 2.05) is 6.26 Å². The van der Waals surface area contributed by atoms with Crippen LogP contribution < -0.4 is 5.32 Å². The van der Waals surface area contributed by atoms with Crippen molar-refractivity contribution in [3.63, 3.8) is 0 Å². The highest BCUT2D eigenvalue weighted by Gasteiger charge is 2.60. The second-order valence-corrected chi connectivity index (χ2v) is 14.9. The standard InChI is InChI=1S/C29H46N2O3S/c1-17-12-25-27(31(16-17)35(5)33)19(3)29(34-25)11-8-21-22-7-6-20-15-30-26(32)9-10-28(20,4)24(22)13-23(21)18(2)14-29/h17,19-22,24-25,27H,6-16H2,1-5H3,(H,30,32)/t17-,19+,20+,21-,22-,24-,25+,27?,28-,29-,35?/m0/s1. The first-order chi connectivity index (χ1) is 16.6. The molecule has 3 aliphatic heterocycles. The Balaban J connectivity index is 1.29. The Bertz CT molecular complexity index is 950. The number of carbonyl (C=O) groups excluding carboxylic acids is 1. The van der Waals surface area contributed by atoms with Crippen molar-refractivity contribution in [2.45, 2.75) is 103 Å². The van der Waals surface area contributed by atoms with Gasteiger partial charge in [0.05, 0.1) is 28.7 Å². The van der Waals surface area contributed by atoms with Gasteiger partial charge in [-0.2, -0.15) is 0 Å². The molecule has 0 aromatic carbocycles. The van der Waals surface area contributed by atoms with E-state index in [2.05, 4.69) is 37.3 Å². The maximum absolute atomic E-state index is 12.7. The van der Waals surface area contributed by atoms with Gasteiger partial charge in [-0.15, -0.1) is 0 Å². The van der Waals surface area contributed by atoms with Gasteiger partial charge in [0.15, 0.2) is 0 Å². The second kappa shape index (κ2) is 8.66. The lowest BCUT2D eigenvalue weighted by Crippen LogP contribution is -2.52. The number of allylic oxidation sites excluding steroid dienone is 1. The number of nitrogens with zero attached hydrogens (tertiary/aromatic N) is 1. The fourth-order valence-corrected chi connectivity index (χ4v) is 11.1. The lowest BCUT2D eigenvalue weighted by Gasteiger charge is -2.49. The van der Waals surface area contributed by atoms with Gasteiger partial charge in [-0.1, -0.05) is 31.9 Å². The third-order valence-electron chi connectivity index (χ3n) is 11.9. The number of rotatable bonds is 1. The molecule has 2 saturated carbocycles. The summed E-state index contributed by atoms with van der Waals surface area (Å²) in [5.41, 5.74) is 3.52. The number of amides is 1. The molecule has 0 radical (unpaired) electrons. The molecule has 5 fully saturated rings. The molecule has 0 aromatic rings. The van der Waals surface area contributed by atoms with E-state index in [1.54, 1.807) is 11.1 Å². The third-order valence-corrected chi connectivity index (χ3v) is 12.9. The van der Waals surface area contributed by atoms with E-state index in [1.165, 1.54) is 25.7 Å². The summed E-state index contributed by atoms with van der Waals surface area (Å²) < 4.78 is 22.0. The van der Waals surface area contributed by atoms with Crippen molar-refractivity contribution in [2.75, 3.05) is 19.3 Å². The van der Waals surface area contributed by atoms with Crippen LogP contribution in [0, 0.1) is 40.9 Å². The van der Waals surface area contributed by atoms with Crippen LogP contribution in [0.1, 0.15) is 85.5 Å². The van der Waals surface area contributed by atoms with Gasteiger partial charge in [0.25, 0.3) is 0 Å². The van der Waals surface area contributed by atoms with Crippen LogP contribution in [0.3, 0.4) is 0 Å². The highest BCUT2D eigenvalue weighted by Crippen LogP contribution is 2.64. The van der Waals surface area contributed by atoms with Gasteiger partial charge in [-0.3, -0.25) is 4.79 Å². The highest BCUT2D eigenvalue weighted by molar-refractivity contribution is 7.81. The summed E-state index contributed by atoms with van der Waals surface area (Å²) in [4.78, 5) is 12.2. The summed E-state index contributed by atoms with van der Waals surface area (Å²) in [7, 11) is -0.949. The molecule has 6 rings (SSSR count). The van der Waals surface area contributed by atoms with Crippen molar-refractivity contribution in [3.05, 3.63) is 11.1 Å². The average Bonchev–Trinajstić information content (AvgIpc) is 3.20. The minimum absolute atomic E-state index is 0.103. The summed E-state index contributed by atoms with van der Waals surface area (Å²) in [6.07, 6.45) is 12.2. The SMILES string of the molecule is CC1=C2C[C@H]3[C@@H](CC[C@@H]4CNC(=O)CC[C@@]43C)[C@@H]2CC[C@@]2(C1)O[C@@H]1C[C@H](C)CN(S(C)=O)C1[C@H]2C. The minimum atomic E-state index is -0.949. The third kappa shape index (κ3) is 3.74. The van der Waals surface area contributed by atoms with Crippen molar-refractivity contribution < 1.29 is 13.7 Å². The second-order valence-electron chi connectivity index (χ2n) is 13.6.